The predicted octanol–water partition coefficient (Wildman–Crippen LogP) is 3.49. The normalized spacial score (nSPS) is 19.4. The first-order valence-corrected chi connectivity index (χ1v) is 14.7. The van der Waals surface area contributed by atoms with Gasteiger partial charge in [-0.05, 0) is 74.5 Å². The third-order valence-electron chi connectivity index (χ3n) is 8.35. The Hall–Kier alpha value is -4.25. The zero-order valence-corrected chi connectivity index (χ0v) is 23.9. The Kier molecular flexibility index (Phi) is 7.92. The molecule has 0 bridgehead atoms. The van der Waals surface area contributed by atoms with E-state index < -0.39 is 5.91 Å². The van der Waals surface area contributed by atoms with Crippen LogP contribution in [0.3, 0.4) is 0 Å². The summed E-state index contributed by atoms with van der Waals surface area (Å²) in [4.78, 5) is 40.3. The summed E-state index contributed by atoms with van der Waals surface area (Å²) in [7, 11) is 2.06. The predicted molar refractivity (Wildman–Crippen MR) is 161 cm³/mol. The third-order valence-corrected chi connectivity index (χ3v) is 8.35. The smallest absolute Gasteiger partial charge is 0.271 e. The number of piperazine rings is 1. The molecule has 3 aliphatic rings. The van der Waals surface area contributed by atoms with E-state index in [4.69, 9.17) is 5.73 Å². The van der Waals surface area contributed by atoms with E-state index >= 15 is 4.39 Å². The Morgan fingerprint density at radius 1 is 0.976 bits per heavy atom. The molecule has 1 atom stereocenters. The van der Waals surface area contributed by atoms with Crippen molar-refractivity contribution in [3.05, 3.63) is 71.3 Å². The average molecular weight is 573 g/mol. The Morgan fingerprint density at radius 3 is 2.43 bits per heavy atom. The van der Waals surface area contributed by atoms with Gasteiger partial charge >= 0.3 is 0 Å². The number of nitrogens with one attached hydrogen (secondary N) is 2. The molecule has 2 aliphatic heterocycles. The van der Waals surface area contributed by atoms with Crippen LogP contribution in [-0.4, -0.2) is 79.0 Å². The molecule has 2 saturated heterocycles. The molecule has 1 aromatic heterocycles. The Labute approximate surface area is 245 Å². The maximum Gasteiger partial charge on any atom is 0.271 e. The standard InChI is InChI=1S/C31H37FN8O2/c1-38-13-15-39(16-14-38)26-11-10-23(17-25(26)32)35-30-28(29(33)41)34-18-27(37-30)40-12-2-3-24(19-40)36-31(42)22-8-6-21(7-9-22)20-4-5-20/h6-11,17-18,20,24H,2-5,12-16,19H2,1H3,(H2,33,41)(H,35,37)(H,36,42)/t24-/m1/s1. The fourth-order valence-corrected chi connectivity index (χ4v) is 5.72. The van der Waals surface area contributed by atoms with Crippen molar-refractivity contribution < 1.29 is 14.0 Å². The number of hydrogen-bond acceptors (Lipinski definition) is 8. The molecule has 2 aromatic carbocycles. The molecular weight excluding hydrogens is 535 g/mol. The second-order valence-corrected chi connectivity index (χ2v) is 11.5. The maximum absolute atomic E-state index is 15.1. The van der Waals surface area contributed by atoms with E-state index in [9.17, 15) is 9.59 Å². The number of rotatable bonds is 8. The van der Waals surface area contributed by atoms with Crippen molar-refractivity contribution in [2.24, 2.45) is 5.73 Å². The van der Waals surface area contributed by atoms with E-state index in [2.05, 4.69) is 44.7 Å². The van der Waals surface area contributed by atoms with Crippen LogP contribution in [0.25, 0.3) is 0 Å². The van der Waals surface area contributed by atoms with Gasteiger partial charge in [-0.3, -0.25) is 9.59 Å². The fraction of sp³-hybridized carbons (Fsp3) is 0.419. The van der Waals surface area contributed by atoms with Crippen LogP contribution in [0.2, 0.25) is 0 Å². The quantitative estimate of drug-likeness (QED) is 0.375. The van der Waals surface area contributed by atoms with Crippen LogP contribution in [0.1, 0.15) is 58.0 Å². The van der Waals surface area contributed by atoms with Crippen LogP contribution < -0.4 is 26.2 Å². The van der Waals surface area contributed by atoms with E-state index in [0.29, 0.717) is 35.2 Å². The zero-order valence-electron chi connectivity index (χ0n) is 23.9. The minimum Gasteiger partial charge on any atom is -0.367 e. The van der Waals surface area contributed by atoms with Crippen LogP contribution in [0.4, 0.5) is 27.4 Å². The molecule has 1 saturated carbocycles. The van der Waals surface area contributed by atoms with E-state index in [1.807, 2.05) is 21.9 Å². The highest BCUT2D eigenvalue weighted by molar-refractivity contribution is 5.96. The highest BCUT2D eigenvalue weighted by Crippen LogP contribution is 2.40. The number of aromatic nitrogens is 2. The summed E-state index contributed by atoms with van der Waals surface area (Å²) in [5, 5.41) is 6.21. The van der Waals surface area contributed by atoms with Crippen molar-refractivity contribution in [2.75, 3.05) is 61.4 Å². The molecule has 3 fully saturated rings. The number of nitrogens with two attached hydrogens (primary N) is 1. The van der Waals surface area contributed by atoms with Crippen molar-refractivity contribution in [3.8, 4) is 0 Å². The molecule has 10 nitrogen and oxygen atoms in total. The summed E-state index contributed by atoms with van der Waals surface area (Å²) < 4.78 is 15.1. The minimum absolute atomic E-state index is 0.0289. The Balaban J connectivity index is 1.14. The van der Waals surface area contributed by atoms with Gasteiger partial charge in [0.15, 0.2) is 11.5 Å². The first-order valence-electron chi connectivity index (χ1n) is 14.7. The number of amides is 2. The number of nitrogens with zero attached hydrogens (tertiary/aromatic N) is 5. The number of primary amides is 1. The van der Waals surface area contributed by atoms with Crippen LogP contribution >= 0.6 is 0 Å². The number of piperidine rings is 1. The summed E-state index contributed by atoms with van der Waals surface area (Å²) >= 11 is 0. The second kappa shape index (κ2) is 11.9. The number of hydrogen-bond donors (Lipinski definition) is 3. The van der Waals surface area contributed by atoms with Crippen molar-refractivity contribution >= 4 is 34.8 Å². The first kappa shape index (κ1) is 27.9. The highest BCUT2D eigenvalue weighted by Gasteiger charge is 2.26. The molecule has 220 valence electrons. The summed E-state index contributed by atoms with van der Waals surface area (Å²) in [6, 6.07) is 12.7. The van der Waals surface area contributed by atoms with E-state index in [1.54, 1.807) is 12.1 Å². The molecule has 0 spiro atoms. The number of benzene rings is 2. The summed E-state index contributed by atoms with van der Waals surface area (Å²) in [5.74, 6) is 0.173. The Morgan fingerprint density at radius 2 is 1.74 bits per heavy atom. The highest BCUT2D eigenvalue weighted by atomic mass is 19.1. The zero-order chi connectivity index (χ0) is 29.2. The van der Waals surface area contributed by atoms with Gasteiger partial charge in [-0.15, -0.1) is 0 Å². The van der Waals surface area contributed by atoms with Gasteiger partial charge < -0.3 is 31.1 Å². The van der Waals surface area contributed by atoms with E-state index in [-0.39, 0.29) is 29.3 Å². The lowest BCUT2D eigenvalue weighted by molar-refractivity contribution is 0.0932. The van der Waals surface area contributed by atoms with Crippen molar-refractivity contribution in [3.63, 3.8) is 0 Å². The van der Waals surface area contributed by atoms with Gasteiger partial charge in [-0.25, -0.2) is 14.4 Å². The number of carbonyl (C=O) groups excluding carboxylic acids is 2. The van der Waals surface area contributed by atoms with Gasteiger partial charge in [0.2, 0.25) is 0 Å². The summed E-state index contributed by atoms with van der Waals surface area (Å²) in [5.41, 5.74) is 8.50. The second-order valence-electron chi connectivity index (χ2n) is 11.5. The molecule has 3 heterocycles. The monoisotopic (exact) mass is 572 g/mol. The molecule has 0 radical (unpaired) electrons. The SMILES string of the molecule is CN1CCN(c2ccc(Nc3nc(N4CCC[C@@H](NC(=O)c5ccc(C6CC6)cc5)C4)cnc3C(N)=O)cc2F)CC1. The molecule has 2 amide bonds. The summed E-state index contributed by atoms with van der Waals surface area (Å²) in [6.45, 7) is 4.52. The van der Waals surface area contributed by atoms with Gasteiger partial charge in [-0.2, -0.15) is 0 Å². The lowest BCUT2D eigenvalue weighted by Gasteiger charge is -2.34. The molecule has 11 heteroatoms. The number of halogens is 1. The molecule has 3 aromatic rings. The molecule has 0 unspecified atom stereocenters. The van der Waals surface area contributed by atoms with Crippen LogP contribution in [-0.2, 0) is 0 Å². The van der Waals surface area contributed by atoms with Crippen molar-refractivity contribution in [1.29, 1.82) is 0 Å². The third kappa shape index (κ3) is 6.30. The van der Waals surface area contributed by atoms with E-state index in [0.717, 1.165) is 45.6 Å². The van der Waals surface area contributed by atoms with E-state index in [1.165, 1.54) is 30.7 Å². The lowest BCUT2D eigenvalue weighted by Crippen LogP contribution is -2.48. The summed E-state index contributed by atoms with van der Waals surface area (Å²) in [6.07, 6.45) is 5.67. The Bertz CT molecular complexity index is 1450. The van der Waals surface area contributed by atoms with Gasteiger partial charge in [-0.1, -0.05) is 12.1 Å². The average Bonchev–Trinajstić information content (AvgIpc) is 3.84. The maximum atomic E-state index is 15.1. The fourth-order valence-electron chi connectivity index (χ4n) is 5.72. The molecule has 1 aliphatic carbocycles. The molecule has 6 rings (SSSR count). The molecule has 4 N–H and O–H groups in total. The topological polar surface area (TPSA) is 120 Å². The minimum atomic E-state index is -0.734. The number of anilines is 4. The van der Waals surface area contributed by atoms with Crippen molar-refractivity contribution in [2.45, 2.75) is 37.6 Å². The van der Waals surface area contributed by atoms with Gasteiger partial charge in [0.25, 0.3) is 11.8 Å². The van der Waals surface area contributed by atoms with Crippen LogP contribution in [0.15, 0.2) is 48.7 Å². The number of likely N-dealkylation sites (N-methyl/N-ethyl adjacent to an activating group) is 1. The number of carbonyl (C=O) groups is 2. The van der Waals surface area contributed by atoms with Gasteiger partial charge in [0, 0.05) is 56.6 Å². The largest absolute Gasteiger partial charge is 0.367 e. The van der Waals surface area contributed by atoms with Gasteiger partial charge in [0.1, 0.15) is 11.6 Å². The van der Waals surface area contributed by atoms with Crippen molar-refractivity contribution in [1.82, 2.24) is 20.2 Å². The van der Waals surface area contributed by atoms with Crippen LogP contribution in [0.5, 0.6) is 0 Å². The van der Waals surface area contributed by atoms with Gasteiger partial charge in [0.05, 0.1) is 11.9 Å². The molecular formula is C31H37FN8O2. The molecule has 42 heavy (non-hydrogen) atoms. The lowest BCUT2D eigenvalue weighted by atomic mass is 10.0. The first-order chi connectivity index (χ1) is 20.3. The van der Waals surface area contributed by atoms with Crippen LogP contribution in [0, 0.1) is 5.82 Å².